The Balaban J connectivity index is 2.24. The van der Waals surface area contributed by atoms with Crippen LogP contribution in [0.15, 0.2) is 24.3 Å². The number of likely N-dealkylation sites (N-methyl/N-ethyl adjacent to an activating group) is 1. The molecule has 5 nitrogen and oxygen atoms in total. The Labute approximate surface area is 125 Å². The van der Waals surface area contributed by atoms with Crippen LogP contribution in [0.25, 0.3) is 0 Å². The summed E-state index contributed by atoms with van der Waals surface area (Å²) in [6.07, 6.45) is 1.84. The van der Waals surface area contributed by atoms with Crippen LogP contribution in [0.5, 0.6) is 0 Å². The van der Waals surface area contributed by atoms with Crippen LogP contribution in [0.2, 0.25) is 0 Å². The summed E-state index contributed by atoms with van der Waals surface area (Å²) in [7, 11) is 2.07. The van der Waals surface area contributed by atoms with Crippen LogP contribution < -0.4 is 0 Å². The van der Waals surface area contributed by atoms with E-state index in [0.29, 0.717) is 5.56 Å². The quantitative estimate of drug-likeness (QED) is 0.924. The lowest BCUT2D eigenvalue weighted by Gasteiger charge is -2.30. The van der Waals surface area contributed by atoms with Crippen molar-refractivity contribution >= 4 is 11.9 Å². The van der Waals surface area contributed by atoms with Gasteiger partial charge in [-0.05, 0) is 44.6 Å². The number of aromatic carboxylic acids is 1. The highest BCUT2D eigenvalue weighted by atomic mass is 16.4. The molecule has 0 unspecified atom stereocenters. The van der Waals surface area contributed by atoms with Crippen molar-refractivity contribution in [2.45, 2.75) is 25.8 Å². The van der Waals surface area contributed by atoms with E-state index in [2.05, 4.69) is 18.9 Å². The lowest BCUT2D eigenvalue weighted by molar-refractivity contribution is 0.0675. The first-order valence-corrected chi connectivity index (χ1v) is 7.35. The normalized spacial score (nSPS) is 20.1. The van der Waals surface area contributed by atoms with Crippen LogP contribution in [-0.2, 0) is 0 Å². The molecule has 1 atom stereocenters. The van der Waals surface area contributed by atoms with E-state index in [1.807, 2.05) is 4.90 Å². The highest BCUT2D eigenvalue weighted by Crippen LogP contribution is 2.17. The van der Waals surface area contributed by atoms with Gasteiger partial charge in [0.1, 0.15) is 0 Å². The predicted octanol–water partition coefficient (Wildman–Crippen LogP) is 1.94. The topological polar surface area (TPSA) is 60.9 Å². The maximum Gasteiger partial charge on any atom is 0.335 e. The van der Waals surface area contributed by atoms with Gasteiger partial charge in [0.2, 0.25) is 0 Å². The van der Waals surface area contributed by atoms with Gasteiger partial charge in [0.15, 0.2) is 0 Å². The average Bonchev–Trinajstić information content (AvgIpc) is 2.67. The van der Waals surface area contributed by atoms with Gasteiger partial charge < -0.3 is 14.9 Å². The molecule has 114 valence electrons. The van der Waals surface area contributed by atoms with Crippen LogP contribution in [0.1, 0.15) is 40.5 Å². The van der Waals surface area contributed by atoms with Gasteiger partial charge in [-0.2, -0.15) is 0 Å². The third-order valence-electron chi connectivity index (χ3n) is 3.99. The number of carboxylic acids is 1. The summed E-state index contributed by atoms with van der Waals surface area (Å²) >= 11 is 0. The molecule has 0 spiro atoms. The molecule has 1 fully saturated rings. The standard InChI is InChI=1S/C16H22N2O3/c1-3-14-11-17(2)8-5-9-18(14)15(19)12-6-4-7-13(10-12)16(20)21/h4,6-7,10,14H,3,5,8-9,11H2,1-2H3,(H,20,21)/t14-/m0/s1. The molecule has 0 bridgehead atoms. The number of carbonyl (C=O) groups is 2. The third-order valence-corrected chi connectivity index (χ3v) is 3.99. The van der Waals surface area contributed by atoms with Crippen molar-refractivity contribution in [1.29, 1.82) is 0 Å². The van der Waals surface area contributed by atoms with E-state index in [4.69, 9.17) is 5.11 Å². The Morgan fingerprint density at radius 3 is 2.67 bits per heavy atom. The summed E-state index contributed by atoms with van der Waals surface area (Å²) < 4.78 is 0. The first-order valence-electron chi connectivity index (χ1n) is 7.35. The fourth-order valence-electron chi connectivity index (χ4n) is 2.81. The number of amides is 1. The molecule has 1 aromatic carbocycles. The molecule has 1 amide bonds. The van der Waals surface area contributed by atoms with E-state index >= 15 is 0 Å². The van der Waals surface area contributed by atoms with E-state index < -0.39 is 5.97 Å². The van der Waals surface area contributed by atoms with Gasteiger partial charge in [0.05, 0.1) is 5.56 Å². The summed E-state index contributed by atoms with van der Waals surface area (Å²) in [5.41, 5.74) is 0.610. The predicted molar refractivity (Wildman–Crippen MR) is 80.6 cm³/mol. The second-order valence-corrected chi connectivity index (χ2v) is 5.56. The first-order chi connectivity index (χ1) is 10.0. The largest absolute Gasteiger partial charge is 0.478 e. The number of nitrogens with zero attached hydrogens (tertiary/aromatic N) is 2. The van der Waals surface area contributed by atoms with Gasteiger partial charge in [0, 0.05) is 24.7 Å². The van der Waals surface area contributed by atoms with Crippen LogP contribution in [-0.4, -0.2) is 59.5 Å². The molecule has 1 aromatic rings. The monoisotopic (exact) mass is 290 g/mol. The molecule has 1 N–H and O–H groups in total. The van der Waals surface area contributed by atoms with Crippen LogP contribution in [0, 0.1) is 0 Å². The second kappa shape index (κ2) is 6.72. The van der Waals surface area contributed by atoms with Crippen LogP contribution in [0.4, 0.5) is 0 Å². The minimum absolute atomic E-state index is 0.0692. The second-order valence-electron chi connectivity index (χ2n) is 5.56. The van der Waals surface area contributed by atoms with Crippen molar-refractivity contribution in [3.8, 4) is 0 Å². The molecule has 1 aliphatic heterocycles. The molecule has 1 saturated heterocycles. The molecule has 0 saturated carbocycles. The Kier molecular flexibility index (Phi) is 4.96. The highest BCUT2D eigenvalue weighted by Gasteiger charge is 2.27. The van der Waals surface area contributed by atoms with Crippen molar-refractivity contribution in [2.24, 2.45) is 0 Å². The van der Waals surface area contributed by atoms with Crippen molar-refractivity contribution in [3.05, 3.63) is 35.4 Å². The Hall–Kier alpha value is -1.88. The van der Waals surface area contributed by atoms with E-state index in [1.165, 1.54) is 12.1 Å². The molecular weight excluding hydrogens is 268 g/mol. The minimum Gasteiger partial charge on any atom is -0.478 e. The summed E-state index contributed by atoms with van der Waals surface area (Å²) in [6, 6.07) is 6.47. The molecule has 5 heteroatoms. The number of rotatable bonds is 3. The molecule has 0 aromatic heterocycles. The van der Waals surface area contributed by atoms with Crippen LogP contribution >= 0.6 is 0 Å². The number of hydrogen-bond donors (Lipinski definition) is 1. The lowest BCUT2D eigenvalue weighted by Crippen LogP contribution is -2.43. The van der Waals surface area contributed by atoms with Crippen molar-refractivity contribution in [2.75, 3.05) is 26.7 Å². The van der Waals surface area contributed by atoms with Crippen molar-refractivity contribution < 1.29 is 14.7 Å². The summed E-state index contributed by atoms with van der Waals surface area (Å²) in [5, 5.41) is 9.05. The van der Waals surface area contributed by atoms with E-state index in [-0.39, 0.29) is 17.5 Å². The molecule has 21 heavy (non-hydrogen) atoms. The average molecular weight is 290 g/mol. The number of carbonyl (C=O) groups excluding carboxylic acids is 1. The molecular formula is C16H22N2O3. The van der Waals surface area contributed by atoms with E-state index in [9.17, 15) is 9.59 Å². The minimum atomic E-state index is -1.01. The van der Waals surface area contributed by atoms with Crippen molar-refractivity contribution in [3.63, 3.8) is 0 Å². The fourth-order valence-corrected chi connectivity index (χ4v) is 2.81. The first kappa shape index (κ1) is 15.5. The summed E-state index contributed by atoms with van der Waals surface area (Å²) in [6.45, 7) is 4.65. The zero-order valence-electron chi connectivity index (χ0n) is 12.6. The van der Waals surface area contributed by atoms with E-state index in [1.54, 1.807) is 12.1 Å². The van der Waals surface area contributed by atoms with Gasteiger partial charge >= 0.3 is 5.97 Å². The maximum absolute atomic E-state index is 12.7. The van der Waals surface area contributed by atoms with Crippen LogP contribution in [0.3, 0.4) is 0 Å². The van der Waals surface area contributed by atoms with Crippen molar-refractivity contribution in [1.82, 2.24) is 9.80 Å². The van der Waals surface area contributed by atoms with Gasteiger partial charge in [-0.25, -0.2) is 4.79 Å². The fraction of sp³-hybridized carbons (Fsp3) is 0.500. The third kappa shape index (κ3) is 3.61. The summed E-state index contributed by atoms with van der Waals surface area (Å²) in [4.78, 5) is 27.9. The Morgan fingerprint density at radius 1 is 1.29 bits per heavy atom. The number of carboxylic acid groups (broad SMARTS) is 1. The zero-order valence-corrected chi connectivity index (χ0v) is 12.6. The Bertz CT molecular complexity index is 530. The SMILES string of the molecule is CC[C@H]1CN(C)CCCN1C(=O)c1cccc(C(=O)O)c1. The molecule has 2 rings (SSSR count). The maximum atomic E-state index is 12.7. The highest BCUT2D eigenvalue weighted by molar-refractivity contribution is 5.97. The van der Waals surface area contributed by atoms with E-state index in [0.717, 1.165) is 32.5 Å². The molecule has 0 aliphatic carbocycles. The Morgan fingerprint density at radius 2 is 2.00 bits per heavy atom. The van der Waals surface area contributed by atoms with Gasteiger partial charge in [-0.3, -0.25) is 4.79 Å². The molecule has 1 aliphatic rings. The van der Waals surface area contributed by atoms with Gasteiger partial charge in [-0.1, -0.05) is 13.0 Å². The smallest absolute Gasteiger partial charge is 0.335 e. The zero-order chi connectivity index (χ0) is 15.4. The molecule has 0 radical (unpaired) electrons. The number of hydrogen-bond acceptors (Lipinski definition) is 3. The summed E-state index contributed by atoms with van der Waals surface area (Å²) in [5.74, 6) is -1.08. The van der Waals surface area contributed by atoms with Gasteiger partial charge in [0.25, 0.3) is 5.91 Å². The number of benzene rings is 1. The molecule has 1 heterocycles. The lowest BCUT2D eigenvalue weighted by atomic mass is 10.1. The van der Waals surface area contributed by atoms with Gasteiger partial charge in [-0.15, -0.1) is 0 Å².